The van der Waals surface area contributed by atoms with Crippen molar-refractivity contribution in [1.82, 2.24) is 20.6 Å². The number of amides is 1. The number of aliphatic imine (C=N–C) groups is 1. The number of nitrogens with two attached hydrogens (primary N) is 2. The standard InChI is InChI=1S/C18H24N7OP/c1-11(13-7-4-3-5-8-13)21-9-6-10-22-18(20)25-16(26)14-15(19)24-17(27)12(2)23-14/h3-5,7-8,21H,1,6,9-10,27H2,2H3,(H2,19,24)(H3,20,22,25,26). The highest BCUT2D eigenvalue weighted by molar-refractivity contribution is 7.27. The fourth-order valence-corrected chi connectivity index (χ4v) is 2.39. The SMILES string of the molecule is C=C(NCCCN=C(N)NC(=O)c1nc(C)c(P)nc1N)c1ccccc1. The maximum atomic E-state index is 12.2. The lowest BCUT2D eigenvalue weighted by atomic mass is 10.2. The second kappa shape index (κ2) is 9.64. The number of guanidine groups is 1. The molecule has 6 N–H and O–H groups in total. The lowest BCUT2D eigenvalue weighted by Gasteiger charge is -2.09. The van der Waals surface area contributed by atoms with Gasteiger partial charge in [-0.2, -0.15) is 0 Å². The Balaban J connectivity index is 1.78. The Labute approximate surface area is 160 Å². The van der Waals surface area contributed by atoms with Crippen LogP contribution >= 0.6 is 9.24 Å². The van der Waals surface area contributed by atoms with Gasteiger partial charge >= 0.3 is 0 Å². The lowest BCUT2D eigenvalue weighted by molar-refractivity contribution is 0.0972. The summed E-state index contributed by atoms with van der Waals surface area (Å²) in [5.74, 6) is -0.486. The van der Waals surface area contributed by atoms with Crippen LogP contribution in [0.3, 0.4) is 0 Å². The quantitative estimate of drug-likeness (QED) is 0.238. The third kappa shape index (κ3) is 6.04. The first-order valence-electron chi connectivity index (χ1n) is 8.37. The van der Waals surface area contributed by atoms with Gasteiger partial charge in [0.25, 0.3) is 5.91 Å². The van der Waals surface area contributed by atoms with Crippen LogP contribution < -0.4 is 27.5 Å². The fraction of sp³-hybridized carbons (Fsp3) is 0.222. The molecular weight excluding hydrogens is 361 g/mol. The number of rotatable bonds is 7. The van der Waals surface area contributed by atoms with Crippen LogP contribution in [-0.4, -0.2) is 34.9 Å². The zero-order valence-electron chi connectivity index (χ0n) is 15.2. The van der Waals surface area contributed by atoms with Crippen LogP contribution in [0.25, 0.3) is 5.70 Å². The van der Waals surface area contributed by atoms with Crippen molar-refractivity contribution in [2.75, 3.05) is 18.8 Å². The second-order valence-electron chi connectivity index (χ2n) is 5.77. The Morgan fingerprint density at radius 1 is 1.30 bits per heavy atom. The van der Waals surface area contributed by atoms with Gasteiger partial charge in [0.15, 0.2) is 17.5 Å². The summed E-state index contributed by atoms with van der Waals surface area (Å²) in [4.78, 5) is 24.5. The summed E-state index contributed by atoms with van der Waals surface area (Å²) in [6.07, 6.45) is 0.727. The van der Waals surface area contributed by atoms with Crippen molar-refractivity contribution in [2.45, 2.75) is 13.3 Å². The van der Waals surface area contributed by atoms with Gasteiger partial charge in [0.05, 0.1) is 11.1 Å². The van der Waals surface area contributed by atoms with Crippen molar-refractivity contribution in [3.63, 3.8) is 0 Å². The van der Waals surface area contributed by atoms with Gasteiger partial charge in [-0.1, -0.05) is 46.2 Å². The molecule has 0 aliphatic carbocycles. The van der Waals surface area contributed by atoms with Gasteiger partial charge in [0.1, 0.15) is 0 Å². The minimum atomic E-state index is -0.537. The van der Waals surface area contributed by atoms with Gasteiger partial charge in [-0.05, 0) is 18.9 Å². The molecule has 2 rings (SSSR count). The molecule has 1 aromatic heterocycles. The molecule has 0 fully saturated rings. The molecule has 0 aliphatic heterocycles. The lowest BCUT2D eigenvalue weighted by Crippen LogP contribution is -2.38. The molecule has 0 saturated carbocycles. The van der Waals surface area contributed by atoms with Crippen LogP contribution in [0.2, 0.25) is 0 Å². The number of carbonyl (C=O) groups excluding carboxylic acids is 1. The molecule has 0 saturated heterocycles. The van der Waals surface area contributed by atoms with Crippen molar-refractivity contribution in [2.24, 2.45) is 10.7 Å². The average Bonchev–Trinajstić information content (AvgIpc) is 2.64. The second-order valence-corrected chi connectivity index (χ2v) is 6.32. The van der Waals surface area contributed by atoms with E-state index in [-0.39, 0.29) is 17.5 Å². The van der Waals surface area contributed by atoms with E-state index >= 15 is 0 Å². The predicted molar refractivity (Wildman–Crippen MR) is 113 cm³/mol. The predicted octanol–water partition coefficient (Wildman–Crippen LogP) is 0.563. The number of hydrogen-bond donors (Lipinski definition) is 4. The monoisotopic (exact) mass is 385 g/mol. The Bertz CT molecular complexity index is 852. The molecule has 27 heavy (non-hydrogen) atoms. The minimum absolute atomic E-state index is 0.00990. The molecule has 9 heteroatoms. The molecule has 1 unspecified atom stereocenters. The fourth-order valence-electron chi connectivity index (χ4n) is 2.19. The number of nitrogen functional groups attached to an aromatic ring is 1. The van der Waals surface area contributed by atoms with E-state index in [1.807, 2.05) is 30.3 Å². The van der Waals surface area contributed by atoms with Crippen molar-refractivity contribution in [3.8, 4) is 0 Å². The van der Waals surface area contributed by atoms with Crippen LogP contribution in [0.1, 0.15) is 28.2 Å². The Morgan fingerprint density at radius 2 is 2.00 bits per heavy atom. The Morgan fingerprint density at radius 3 is 2.70 bits per heavy atom. The third-order valence-electron chi connectivity index (χ3n) is 3.67. The normalized spacial score (nSPS) is 11.1. The molecule has 0 aliphatic rings. The summed E-state index contributed by atoms with van der Waals surface area (Å²) in [7, 11) is 2.41. The number of nitrogens with one attached hydrogen (secondary N) is 2. The van der Waals surface area contributed by atoms with Gasteiger partial charge in [0, 0.05) is 18.8 Å². The number of hydrogen-bond acceptors (Lipinski definition) is 6. The topological polar surface area (TPSA) is 131 Å². The summed E-state index contributed by atoms with van der Waals surface area (Å²) in [6, 6.07) is 9.85. The molecule has 8 nitrogen and oxygen atoms in total. The Hall–Kier alpha value is -2.99. The maximum Gasteiger partial charge on any atom is 0.280 e. The van der Waals surface area contributed by atoms with Crippen LogP contribution in [0, 0.1) is 6.92 Å². The van der Waals surface area contributed by atoms with Gasteiger partial charge in [-0.3, -0.25) is 15.1 Å². The molecule has 1 heterocycles. The van der Waals surface area contributed by atoms with Crippen LogP contribution in [0.5, 0.6) is 0 Å². The summed E-state index contributed by atoms with van der Waals surface area (Å²) < 4.78 is 0. The number of benzene rings is 1. The highest BCUT2D eigenvalue weighted by Gasteiger charge is 2.15. The van der Waals surface area contributed by atoms with E-state index in [1.54, 1.807) is 6.92 Å². The highest BCUT2D eigenvalue weighted by atomic mass is 31.0. The first-order valence-corrected chi connectivity index (χ1v) is 8.95. The molecule has 142 valence electrons. The number of aryl methyl sites for hydroxylation is 1. The molecule has 0 spiro atoms. The zero-order chi connectivity index (χ0) is 19.8. The molecular formula is C18H24N7OP. The first-order chi connectivity index (χ1) is 12.9. The summed E-state index contributed by atoms with van der Waals surface area (Å²) in [6.45, 7) is 6.87. The average molecular weight is 385 g/mol. The van der Waals surface area contributed by atoms with Gasteiger partial charge in [-0.25, -0.2) is 9.97 Å². The van der Waals surface area contributed by atoms with Gasteiger partial charge in [-0.15, -0.1) is 0 Å². The van der Waals surface area contributed by atoms with E-state index in [0.29, 0.717) is 24.2 Å². The largest absolute Gasteiger partial charge is 0.385 e. The van der Waals surface area contributed by atoms with E-state index in [0.717, 1.165) is 17.7 Å². The number of aromatic nitrogens is 2. The van der Waals surface area contributed by atoms with Gasteiger partial charge in [0.2, 0.25) is 0 Å². The van der Waals surface area contributed by atoms with Crippen molar-refractivity contribution in [1.29, 1.82) is 0 Å². The summed E-state index contributed by atoms with van der Waals surface area (Å²) in [5.41, 5.74) is 14.6. The summed E-state index contributed by atoms with van der Waals surface area (Å²) >= 11 is 0. The van der Waals surface area contributed by atoms with Gasteiger partial charge < -0.3 is 16.8 Å². The van der Waals surface area contributed by atoms with E-state index in [4.69, 9.17) is 11.5 Å². The molecule has 0 radical (unpaired) electrons. The zero-order valence-corrected chi connectivity index (χ0v) is 16.4. The van der Waals surface area contributed by atoms with Crippen LogP contribution in [0.4, 0.5) is 5.82 Å². The van der Waals surface area contributed by atoms with E-state index in [2.05, 4.69) is 41.4 Å². The van der Waals surface area contributed by atoms with Crippen LogP contribution in [0.15, 0.2) is 41.9 Å². The molecule has 0 bridgehead atoms. The molecule has 2 aromatic rings. The van der Waals surface area contributed by atoms with E-state index < -0.39 is 5.91 Å². The smallest absolute Gasteiger partial charge is 0.280 e. The number of carbonyl (C=O) groups is 1. The minimum Gasteiger partial charge on any atom is -0.385 e. The summed E-state index contributed by atoms with van der Waals surface area (Å²) in [5, 5.41) is 5.70. The van der Waals surface area contributed by atoms with Crippen LogP contribution in [-0.2, 0) is 0 Å². The molecule has 1 amide bonds. The van der Waals surface area contributed by atoms with E-state index in [9.17, 15) is 4.79 Å². The maximum absolute atomic E-state index is 12.2. The van der Waals surface area contributed by atoms with E-state index in [1.165, 1.54) is 0 Å². The Kier molecular flexibility index (Phi) is 7.25. The van der Waals surface area contributed by atoms with Crippen molar-refractivity contribution in [3.05, 3.63) is 53.9 Å². The highest BCUT2D eigenvalue weighted by Crippen LogP contribution is 2.08. The van der Waals surface area contributed by atoms with Crippen molar-refractivity contribution >= 4 is 38.1 Å². The first kappa shape index (κ1) is 20.3. The molecule has 1 aromatic carbocycles. The number of anilines is 1. The molecule has 1 atom stereocenters. The third-order valence-corrected chi connectivity index (χ3v) is 4.21. The number of nitrogens with zero attached hydrogens (tertiary/aromatic N) is 3. The van der Waals surface area contributed by atoms with Crippen molar-refractivity contribution < 1.29 is 4.79 Å².